The molecule has 0 radical (unpaired) electrons. The van der Waals surface area contributed by atoms with E-state index in [4.69, 9.17) is 0 Å². The fourth-order valence-corrected chi connectivity index (χ4v) is 4.59. The van der Waals surface area contributed by atoms with Crippen molar-refractivity contribution in [1.82, 2.24) is 10.2 Å². The molecular weight excluding hydrogens is 457 g/mol. The number of carbonyl (C=O) groups excluding carboxylic acids is 2. The second kappa shape index (κ2) is 11.5. The fourth-order valence-electron chi connectivity index (χ4n) is 3.69. The van der Waals surface area contributed by atoms with E-state index in [0.717, 1.165) is 21.7 Å². The number of halogens is 1. The first kappa shape index (κ1) is 27.3. The summed E-state index contributed by atoms with van der Waals surface area (Å²) in [6, 6.07) is 9.96. The molecular formula is C25H34FN3O4S. The lowest BCUT2D eigenvalue weighted by Crippen LogP contribution is -2.53. The number of amides is 2. The molecule has 7 nitrogen and oxygen atoms in total. The molecule has 1 unspecified atom stereocenters. The minimum absolute atomic E-state index is 0.0353. The van der Waals surface area contributed by atoms with E-state index in [9.17, 15) is 22.4 Å². The Balaban J connectivity index is 2.48. The zero-order chi connectivity index (χ0) is 25.6. The van der Waals surface area contributed by atoms with Crippen LogP contribution in [0.25, 0.3) is 0 Å². The largest absolute Gasteiger partial charge is 0.352 e. The van der Waals surface area contributed by atoms with Gasteiger partial charge in [0, 0.05) is 12.6 Å². The van der Waals surface area contributed by atoms with E-state index < -0.39 is 34.3 Å². The maximum absolute atomic E-state index is 13.6. The van der Waals surface area contributed by atoms with Crippen LogP contribution in [0.15, 0.2) is 42.5 Å². The molecule has 0 bridgehead atoms. The number of sulfonamides is 1. The van der Waals surface area contributed by atoms with Gasteiger partial charge in [0.2, 0.25) is 21.8 Å². The minimum atomic E-state index is -3.80. The van der Waals surface area contributed by atoms with Gasteiger partial charge >= 0.3 is 0 Å². The molecule has 2 aromatic carbocycles. The first-order chi connectivity index (χ1) is 15.8. The smallest absolute Gasteiger partial charge is 0.244 e. The third-order valence-electron chi connectivity index (χ3n) is 5.61. The van der Waals surface area contributed by atoms with Gasteiger partial charge in [-0.3, -0.25) is 13.9 Å². The van der Waals surface area contributed by atoms with Gasteiger partial charge in [0.05, 0.1) is 11.9 Å². The van der Waals surface area contributed by atoms with Crippen LogP contribution < -0.4 is 9.62 Å². The molecule has 0 aliphatic heterocycles. The lowest BCUT2D eigenvalue weighted by atomic mass is 10.1. The quantitative estimate of drug-likeness (QED) is 0.551. The SMILES string of the molecule is CCC(C(=O)NC(C)C)N(Cc1ccc(F)cc1)C(=O)CN(c1cccc(C)c1C)S(C)(=O)=O. The number of nitrogens with zero attached hydrogens (tertiary/aromatic N) is 2. The number of hydrogen-bond acceptors (Lipinski definition) is 4. The standard InChI is InChI=1S/C25H34FN3O4S/c1-7-22(25(31)27-17(2)3)28(15-20-11-13-21(26)14-12-20)24(30)16-29(34(6,32)33)23-10-8-9-18(4)19(23)5/h8-14,17,22H,7,15-16H2,1-6H3,(H,27,31). The van der Waals surface area contributed by atoms with Crippen molar-refractivity contribution >= 4 is 27.5 Å². The van der Waals surface area contributed by atoms with E-state index in [0.29, 0.717) is 17.7 Å². The predicted octanol–water partition coefficient (Wildman–Crippen LogP) is 3.54. The third-order valence-corrected chi connectivity index (χ3v) is 6.73. The van der Waals surface area contributed by atoms with Gasteiger partial charge in [0.15, 0.2) is 0 Å². The highest BCUT2D eigenvalue weighted by Gasteiger charge is 2.32. The summed E-state index contributed by atoms with van der Waals surface area (Å²) in [7, 11) is -3.80. The Hall–Kier alpha value is -2.94. The highest BCUT2D eigenvalue weighted by molar-refractivity contribution is 7.92. The van der Waals surface area contributed by atoms with E-state index in [1.165, 1.54) is 17.0 Å². The maximum atomic E-state index is 13.6. The summed E-state index contributed by atoms with van der Waals surface area (Å²) in [6.45, 7) is 8.67. The number of benzene rings is 2. The van der Waals surface area contributed by atoms with Crippen molar-refractivity contribution in [3.8, 4) is 0 Å². The molecule has 1 N–H and O–H groups in total. The van der Waals surface area contributed by atoms with Crippen LogP contribution in [-0.2, 0) is 26.2 Å². The second-order valence-electron chi connectivity index (χ2n) is 8.72. The Kier molecular flexibility index (Phi) is 9.21. The molecule has 0 saturated carbocycles. The topological polar surface area (TPSA) is 86.8 Å². The lowest BCUT2D eigenvalue weighted by molar-refractivity contribution is -0.140. The molecule has 0 aliphatic carbocycles. The van der Waals surface area contributed by atoms with Crippen molar-refractivity contribution < 1.29 is 22.4 Å². The highest BCUT2D eigenvalue weighted by Crippen LogP contribution is 2.25. The molecule has 34 heavy (non-hydrogen) atoms. The van der Waals surface area contributed by atoms with Gasteiger partial charge in [0.25, 0.3) is 0 Å². The molecule has 0 aliphatic rings. The van der Waals surface area contributed by atoms with E-state index in [1.54, 1.807) is 38.1 Å². The van der Waals surface area contributed by atoms with Gasteiger partial charge in [-0.2, -0.15) is 0 Å². The van der Waals surface area contributed by atoms with Crippen LogP contribution >= 0.6 is 0 Å². The fraction of sp³-hybridized carbons (Fsp3) is 0.440. The normalized spacial score (nSPS) is 12.4. The monoisotopic (exact) mass is 491 g/mol. The number of nitrogens with one attached hydrogen (secondary N) is 1. The van der Waals surface area contributed by atoms with Crippen LogP contribution in [0.2, 0.25) is 0 Å². The lowest BCUT2D eigenvalue weighted by Gasteiger charge is -2.33. The van der Waals surface area contributed by atoms with Crippen molar-refractivity contribution in [2.45, 2.75) is 59.7 Å². The summed E-state index contributed by atoms with van der Waals surface area (Å²) in [5, 5.41) is 2.83. The average Bonchev–Trinajstić information content (AvgIpc) is 2.74. The predicted molar refractivity (Wildman–Crippen MR) is 132 cm³/mol. The molecule has 0 aromatic heterocycles. The molecule has 2 amide bonds. The van der Waals surface area contributed by atoms with Crippen LogP contribution in [0, 0.1) is 19.7 Å². The Morgan fingerprint density at radius 1 is 1.06 bits per heavy atom. The number of aryl methyl sites for hydroxylation is 1. The Morgan fingerprint density at radius 3 is 2.21 bits per heavy atom. The molecule has 9 heteroatoms. The van der Waals surface area contributed by atoms with Crippen LogP contribution in [0.4, 0.5) is 10.1 Å². The van der Waals surface area contributed by atoms with Crippen molar-refractivity contribution in [2.75, 3.05) is 17.1 Å². The Bertz CT molecular complexity index is 1120. The zero-order valence-electron chi connectivity index (χ0n) is 20.6. The van der Waals surface area contributed by atoms with Crippen LogP contribution in [0.3, 0.4) is 0 Å². The van der Waals surface area contributed by atoms with Gasteiger partial charge in [0.1, 0.15) is 18.4 Å². The Morgan fingerprint density at radius 2 is 1.68 bits per heavy atom. The third kappa shape index (κ3) is 7.03. The minimum Gasteiger partial charge on any atom is -0.352 e. The molecule has 0 saturated heterocycles. The van der Waals surface area contributed by atoms with Crippen molar-refractivity contribution in [1.29, 1.82) is 0 Å². The van der Waals surface area contributed by atoms with Crippen LogP contribution in [0.5, 0.6) is 0 Å². The summed E-state index contributed by atoms with van der Waals surface area (Å²) in [4.78, 5) is 27.9. The van der Waals surface area contributed by atoms with Crippen molar-refractivity contribution in [3.05, 3.63) is 65.0 Å². The molecule has 0 fully saturated rings. The first-order valence-electron chi connectivity index (χ1n) is 11.2. The second-order valence-corrected chi connectivity index (χ2v) is 10.6. The molecule has 1 atom stereocenters. The van der Waals surface area contributed by atoms with Crippen molar-refractivity contribution in [2.24, 2.45) is 0 Å². The number of anilines is 1. The van der Waals surface area contributed by atoms with E-state index in [-0.39, 0.29) is 18.5 Å². The average molecular weight is 492 g/mol. The van der Waals surface area contributed by atoms with Gasteiger partial charge in [-0.25, -0.2) is 12.8 Å². The summed E-state index contributed by atoms with van der Waals surface area (Å²) < 4.78 is 39.9. The molecule has 2 rings (SSSR count). The molecule has 0 spiro atoms. The van der Waals surface area contributed by atoms with Gasteiger partial charge in [-0.05, 0) is 69.0 Å². The summed E-state index contributed by atoms with van der Waals surface area (Å²) in [6.07, 6.45) is 1.38. The number of carbonyl (C=O) groups is 2. The summed E-state index contributed by atoms with van der Waals surface area (Å²) >= 11 is 0. The zero-order valence-corrected chi connectivity index (χ0v) is 21.4. The van der Waals surface area contributed by atoms with Gasteiger partial charge in [-0.1, -0.05) is 31.2 Å². The number of rotatable bonds is 10. The molecule has 2 aromatic rings. The van der Waals surface area contributed by atoms with E-state index in [1.807, 2.05) is 26.8 Å². The molecule has 186 valence electrons. The molecule has 0 heterocycles. The summed E-state index contributed by atoms with van der Waals surface area (Å²) in [5.41, 5.74) is 2.68. The highest BCUT2D eigenvalue weighted by atomic mass is 32.2. The van der Waals surface area contributed by atoms with E-state index in [2.05, 4.69) is 5.32 Å². The number of hydrogen-bond donors (Lipinski definition) is 1. The van der Waals surface area contributed by atoms with Gasteiger partial charge < -0.3 is 10.2 Å². The van der Waals surface area contributed by atoms with Gasteiger partial charge in [-0.15, -0.1) is 0 Å². The van der Waals surface area contributed by atoms with Crippen LogP contribution in [0.1, 0.15) is 43.9 Å². The van der Waals surface area contributed by atoms with Crippen LogP contribution in [-0.4, -0.2) is 50.0 Å². The Labute approximate surface area is 202 Å². The summed E-state index contributed by atoms with van der Waals surface area (Å²) in [5.74, 6) is -1.27. The van der Waals surface area contributed by atoms with Crippen molar-refractivity contribution in [3.63, 3.8) is 0 Å². The maximum Gasteiger partial charge on any atom is 0.244 e. The van der Waals surface area contributed by atoms with E-state index >= 15 is 0 Å². The first-order valence-corrected chi connectivity index (χ1v) is 13.1.